The summed E-state index contributed by atoms with van der Waals surface area (Å²) in [5, 5.41) is 3.04. The molecule has 0 bridgehead atoms. The molecule has 3 nitrogen and oxygen atoms in total. The van der Waals surface area contributed by atoms with Crippen LogP contribution in [0, 0.1) is 5.92 Å². The van der Waals surface area contributed by atoms with Crippen LogP contribution in [0.3, 0.4) is 0 Å². The maximum Gasteiger partial charge on any atom is 0.406 e. The maximum absolute atomic E-state index is 12.4. The Hall–Kier alpha value is -0.780. The van der Waals surface area contributed by atoms with Crippen LogP contribution in [0.4, 0.5) is 13.2 Å². The summed E-state index contributed by atoms with van der Waals surface area (Å²) in [5.74, 6) is -0.696. The lowest BCUT2D eigenvalue weighted by Crippen LogP contribution is -2.49. The molecular formula is C11H19F3N2O. The molecule has 6 heteroatoms. The molecule has 1 fully saturated rings. The molecule has 1 atom stereocenters. The largest absolute Gasteiger partial charge is 0.406 e. The van der Waals surface area contributed by atoms with Gasteiger partial charge in [0.05, 0.1) is 5.92 Å². The minimum Gasteiger partial charge on any atom is -0.331 e. The van der Waals surface area contributed by atoms with Gasteiger partial charge in [-0.05, 0) is 33.2 Å². The number of piperidine rings is 1. The minimum absolute atomic E-state index is 0.312. The lowest BCUT2D eigenvalue weighted by molar-refractivity contribution is -0.167. The molecular weight excluding hydrogens is 233 g/mol. The number of alkyl halides is 3. The summed E-state index contributed by atoms with van der Waals surface area (Å²) < 4.78 is 37.2. The predicted molar refractivity (Wildman–Crippen MR) is 58.5 cm³/mol. The Morgan fingerprint density at radius 3 is 2.53 bits per heavy atom. The number of hydrogen-bond donors (Lipinski definition) is 1. The number of nitrogens with one attached hydrogen (secondary N) is 1. The van der Waals surface area contributed by atoms with Crippen LogP contribution in [0.25, 0.3) is 0 Å². The van der Waals surface area contributed by atoms with Gasteiger partial charge in [0.1, 0.15) is 6.54 Å². The fourth-order valence-corrected chi connectivity index (χ4v) is 2.01. The van der Waals surface area contributed by atoms with E-state index in [2.05, 4.69) is 5.32 Å². The number of carbonyl (C=O) groups is 1. The van der Waals surface area contributed by atoms with Gasteiger partial charge in [-0.15, -0.1) is 0 Å². The molecule has 1 N–H and O–H groups in total. The highest BCUT2D eigenvalue weighted by molar-refractivity contribution is 5.79. The SMILES string of the molecule is CC(C)N(CC(F)(F)F)C(=O)[C@@H]1CCCNC1. The highest BCUT2D eigenvalue weighted by Crippen LogP contribution is 2.21. The molecule has 1 aliphatic heterocycles. The van der Waals surface area contributed by atoms with Crippen LogP contribution in [0.2, 0.25) is 0 Å². The molecule has 0 saturated carbocycles. The molecule has 0 aliphatic carbocycles. The van der Waals surface area contributed by atoms with Crippen molar-refractivity contribution in [1.82, 2.24) is 10.2 Å². The van der Waals surface area contributed by atoms with Gasteiger partial charge in [0.2, 0.25) is 5.91 Å². The number of hydrogen-bond acceptors (Lipinski definition) is 2. The van der Waals surface area contributed by atoms with Gasteiger partial charge in [0.15, 0.2) is 0 Å². The first-order chi connectivity index (χ1) is 7.81. The Morgan fingerprint density at radius 1 is 1.47 bits per heavy atom. The Kier molecular flexibility index (Phi) is 4.80. The third kappa shape index (κ3) is 4.53. The molecule has 0 radical (unpaired) electrons. The molecule has 0 aromatic heterocycles. The Labute approximate surface area is 99.4 Å². The van der Waals surface area contributed by atoms with Crippen LogP contribution in [0.1, 0.15) is 26.7 Å². The molecule has 0 unspecified atom stereocenters. The number of carbonyl (C=O) groups excluding carboxylic acids is 1. The zero-order chi connectivity index (χ0) is 13.1. The molecule has 0 aromatic rings. The lowest BCUT2D eigenvalue weighted by Gasteiger charge is -2.32. The molecule has 0 spiro atoms. The fourth-order valence-electron chi connectivity index (χ4n) is 2.01. The van der Waals surface area contributed by atoms with E-state index >= 15 is 0 Å². The molecule has 1 rings (SSSR count). The van der Waals surface area contributed by atoms with Crippen molar-refractivity contribution in [3.05, 3.63) is 0 Å². The fraction of sp³-hybridized carbons (Fsp3) is 0.909. The van der Waals surface area contributed by atoms with E-state index in [1.807, 2.05) is 0 Å². The average molecular weight is 252 g/mol. The van der Waals surface area contributed by atoms with Gasteiger partial charge in [-0.25, -0.2) is 0 Å². The van der Waals surface area contributed by atoms with Crippen molar-refractivity contribution >= 4 is 5.91 Å². The summed E-state index contributed by atoms with van der Waals surface area (Å²) >= 11 is 0. The van der Waals surface area contributed by atoms with Crippen LogP contribution in [-0.2, 0) is 4.79 Å². The summed E-state index contributed by atoms with van der Waals surface area (Å²) in [4.78, 5) is 12.9. The Bertz CT molecular complexity index is 260. The molecule has 1 aliphatic rings. The second-order valence-corrected chi connectivity index (χ2v) is 4.72. The summed E-state index contributed by atoms with van der Waals surface area (Å²) in [6, 6.07) is -0.425. The summed E-state index contributed by atoms with van der Waals surface area (Å²) in [5.41, 5.74) is 0. The zero-order valence-electron chi connectivity index (χ0n) is 10.2. The third-order valence-corrected chi connectivity index (χ3v) is 2.90. The van der Waals surface area contributed by atoms with Crippen molar-refractivity contribution in [3.63, 3.8) is 0 Å². The smallest absolute Gasteiger partial charge is 0.331 e. The number of amides is 1. The van der Waals surface area contributed by atoms with Crippen LogP contribution in [-0.4, -0.2) is 42.7 Å². The molecule has 0 aromatic carbocycles. The lowest BCUT2D eigenvalue weighted by atomic mass is 9.97. The van der Waals surface area contributed by atoms with E-state index < -0.39 is 18.8 Å². The normalized spacial score (nSPS) is 21.6. The van der Waals surface area contributed by atoms with Crippen molar-refractivity contribution in [1.29, 1.82) is 0 Å². The van der Waals surface area contributed by atoms with Gasteiger partial charge < -0.3 is 10.2 Å². The van der Waals surface area contributed by atoms with E-state index in [4.69, 9.17) is 0 Å². The molecule has 1 amide bonds. The number of rotatable bonds is 3. The van der Waals surface area contributed by atoms with Crippen molar-refractivity contribution in [2.45, 2.75) is 38.9 Å². The second-order valence-electron chi connectivity index (χ2n) is 4.72. The highest BCUT2D eigenvalue weighted by Gasteiger charge is 2.36. The third-order valence-electron chi connectivity index (χ3n) is 2.90. The van der Waals surface area contributed by atoms with Crippen LogP contribution >= 0.6 is 0 Å². The van der Waals surface area contributed by atoms with E-state index in [1.54, 1.807) is 13.8 Å². The van der Waals surface area contributed by atoms with Gasteiger partial charge in [-0.1, -0.05) is 0 Å². The second kappa shape index (κ2) is 5.71. The first-order valence-corrected chi connectivity index (χ1v) is 5.89. The first kappa shape index (κ1) is 14.3. The molecule has 17 heavy (non-hydrogen) atoms. The summed E-state index contributed by atoms with van der Waals surface area (Å²) in [6.07, 6.45) is -2.82. The van der Waals surface area contributed by atoms with E-state index in [1.165, 1.54) is 0 Å². The van der Waals surface area contributed by atoms with Crippen LogP contribution < -0.4 is 5.32 Å². The van der Waals surface area contributed by atoms with E-state index in [-0.39, 0.29) is 11.8 Å². The monoisotopic (exact) mass is 252 g/mol. The van der Waals surface area contributed by atoms with E-state index in [0.717, 1.165) is 17.9 Å². The topological polar surface area (TPSA) is 32.3 Å². The molecule has 1 saturated heterocycles. The minimum atomic E-state index is -4.33. The van der Waals surface area contributed by atoms with Crippen molar-refractivity contribution < 1.29 is 18.0 Å². The van der Waals surface area contributed by atoms with Gasteiger partial charge in [-0.2, -0.15) is 13.2 Å². The van der Waals surface area contributed by atoms with Crippen LogP contribution in [0.5, 0.6) is 0 Å². The Balaban J connectivity index is 2.66. The van der Waals surface area contributed by atoms with Gasteiger partial charge in [-0.3, -0.25) is 4.79 Å². The van der Waals surface area contributed by atoms with E-state index in [9.17, 15) is 18.0 Å². The number of halogens is 3. The van der Waals surface area contributed by atoms with Gasteiger partial charge >= 0.3 is 6.18 Å². The summed E-state index contributed by atoms with van der Waals surface area (Å²) in [6.45, 7) is 3.39. The van der Waals surface area contributed by atoms with E-state index in [0.29, 0.717) is 13.0 Å². The zero-order valence-corrected chi connectivity index (χ0v) is 10.2. The van der Waals surface area contributed by atoms with Crippen molar-refractivity contribution in [2.24, 2.45) is 5.92 Å². The van der Waals surface area contributed by atoms with Crippen LogP contribution in [0.15, 0.2) is 0 Å². The predicted octanol–water partition coefficient (Wildman–Crippen LogP) is 1.79. The van der Waals surface area contributed by atoms with Gasteiger partial charge in [0.25, 0.3) is 0 Å². The average Bonchev–Trinajstić information content (AvgIpc) is 2.25. The quantitative estimate of drug-likeness (QED) is 0.830. The number of nitrogens with zero attached hydrogens (tertiary/aromatic N) is 1. The standard InChI is InChI=1S/C11H19F3N2O/c1-8(2)16(7-11(12,13)14)10(17)9-4-3-5-15-6-9/h8-9,15H,3-7H2,1-2H3/t9-/m1/s1. The molecule has 100 valence electrons. The van der Waals surface area contributed by atoms with Gasteiger partial charge in [0, 0.05) is 12.6 Å². The highest BCUT2D eigenvalue weighted by atomic mass is 19.4. The first-order valence-electron chi connectivity index (χ1n) is 5.89. The van der Waals surface area contributed by atoms with Crippen molar-refractivity contribution in [2.75, 3.05) is 19.6 Å². The van der Waals surface area contributed by atoms with Crippen molar-refractivity contribution in [3.8, 4) is 0 Å². The maximum atomic E-state index is 12.4. The Morgan fingerprint density at radius 2 is 2.12 bits per heavy atom. The molecule has 1 heterocycles. The summed E-state index contributed by atoms with van der Waals surface area (Å²) in [7, 11) is 0.